The van der Waals surface area contributed by atoms with Crippen LogP contribution in [0, 0.1) is 0 Å². The van der Waals surface area contributed by atoms with Crippen LogP contribution in [0.15, 0.2) is 0 Å². The molecule has 0 bridgehead atoms. The van der Waals surface area contributed by atoms with Gasteiger partial charge in [-0.05, 0) is 0 Å². The zero-order valence-electron chi connectivity index (χ0n) is 2.91. The molecule has 0 unspecified atom stereocenters. The zero-order chi connectivity index (χ0) is 2.00. The maximum absolute atomic E-state index is 2.01. The Kier molecular flexibility index (Phi) is 132. The minimum Gasteiger partial charge on any atom is 0 e. The van der Waals surface area contributed by atoms with E-state index in [1.165, 1.54) is 0 Å². The number of hydrogen-bond acceptors (Lipinski definition) is 0. The van der Waals surface area contributed by atoms with E-state index in [9.17, 15) is 0 Å². The monoisotopic (exact) mass is 431 g/mol. The van der Waals surface area contributed by atoms with Crippen molar-refractivity contribution < 1.29 is 93.6 Å². The molecule has 0 heterocycles. The van der Waals surface area contributed by atoms with Crippen LogP contribution >= 0.6 is 0 Å². The van der Waals surface area contributed by atoms with E-state index >= 15 is 0 Å². The summed E-state index contributed by atoms with van der Waals surface area (Å²) < 4.78 is 0. The standard InChI is InChI=1S/CH3.Hf.Mo.Ti.Zr/h1H3;;;;. The topological polar surface area (TPSA) is 0 Å². The average Bonchev–Trinajstić information content (AvgIpc) is 1.00. The SMILES string of the molecule is [CH3][Mo].[Hf].[Ti].[Zr]. The molecule has 5 heavy (non-hydrogen) atoms. The Morgan fingerprint density at radius 1 is 1.20 bits per heavy atom. The molecule has 0 aromatic rings. The molecule has 0 saturated heterocycles. The summed E-state index contributed by atoms with van der Waals surface area (Å²) in [7, 11) is 0. The summed E-state index contributed by atoms with van der Waals surface area (Å²) in [5, 5.41) is 2.01. The van der Waals surface area contributed by atoms with Crippen molar-refractivity contribution in [2.45, 2.75) is 5.31 Å². The first kappa shape index (κ1) is 24.2. The van der Waals surface area contributed by atoms with E-state index in [1.54, 1.807) is 0 Å². The molecule has 25 valence electrons. The van der Waals surface area contributed by atoms with Crippen molar-refractivity contribution >= 4 is 0 Å². The molecule has 0 saturated carbocycles. The summed E-state index contributed by atoms with van der Waals surface area (Å²) in [5.41, 5.74) is 0. The number of rotatable bonds is 0. The molecule has 0 nitrogen and oxygen atoms in total. The van der Waals surface area contributed by atoms with Crippen LogP contribution in [0.1, 0.15) is 0 Å². The Labute approximate surface area is 96.9 Å². The Morgan fingerprint density at radius 2 is 1.20 bits per heavy atom. The molecule has 4 heteroatoms. The van der Waals surface area contributed by atoms with Gasteiger partial charge in [0.2, 0.25) is 0 Å². The van der Waals surface area contributed by atoms with Gasteiger partial charge in [0, 0.05) is 73.8 Å². The molecule has 0 N–H and O–H groups in total. The molecule has 0 aliphatic heterocycles. The Hall–Kier alpha value is 3.16. The summed E-state index contributed by atoms with van der Waals surface area (Å²) in [4.78, 5) is 0. The van der Waals surface area contributed by atoms with E-state index in [1.807, 2.05) is 25.1 Å². The smallest absolute Gasteiger partial charge is 0 e. The molecular weight excluding hydrogens is 426 g/mol. The van der Waals surface area contributed by atoms with Crippen LogP contribution in [0.25, 0.3) is 0 Å². The summed E-state index contributed by atoms with van der Waals surface area (Å²) in [6.45, 7) is 0. The van der Waals surface area contributed by atoms with Crippen molar-refractivity contribution in [1.29, 1.82) is 0 Å². The van der Waals surface area contributed by atoms with Gasteiger partial charge in [0.05, 0.1) is 0 Å². The fourth-order valence-corrected chi connectivity index (χ4v) is 0. The zero-order valence-corrected chi connectivity index (χ0v) is 12.5. The van der Waals surface area contributed by atoms with Gasteiger partial charge in [-0.15, -0.1) is 0 Å². The second-order valence-electron chi connectivity index (χ2n) is 0. The first-order valence-corrected chi connectivity index (χ1v) is 2.42. The molecular formula is CH3HfMoTiZr. The number of hydrogen-bond donors (Lipinski definition) is 0. The van der Waals surface area contributed by atoms with Crippen LogP contribution < -0.4 is 0 Å². The predicted molar refractivity (Wildman–Crippen MR) is 5.86 cm³/mol. The molecule has 0 radical (unpaired) electrons. The fourth-order valence-electron chi connectivity index (χ4n) is 0. The Balaban J connectivity index is -0.00000000167. The minimum atomic E-state index is 0. The normalized spacial score (nSPS) is 1.00. The van der Waals surface area contributed by atoms with Crippen LogP contribution in [-0.2, 0) is 93.6 Å². The van der Waals surface area contributed by atoms with Gasteiger partial charge >= 0.3 is 25.1 Å². The maximum atomic E-state index is 2.01. The first-order chi connectivity index (χ1) is 1.00. The third kappa shape index (κ3) is 19.1. The molecule has 0 aliphatic carbocycles. The third-order valence-electron chi connectivity index (χ3n) is 0. The van der Waals surface area contributed by atoms with Gasteiger partial charge in [0.15, 0.2) is 0 Å². The molecule has 0 rings (SSSR count). The van der Waals surface area contributed by atoms with Crippen molar-refractivity contribution in [3.8, 4) is 0 Å². The molecule has 0 spiro atoms. The van der Waals surface area contributed by atoms with Gasteiger partial charge in [0.25, 0.3) is 0 Å². The van der Waals surface area contributed by atoms with E-state index < -0.39 is 0 Å². The maximum Gasteiger partial charge on any atom is 0 e. The van der Waals surface area contributed by atoms with Crippen molar-refractivity contribution in [2.75, 3.05) is 0 Å². The van der Waals surface area contributed by atoms with Crippen LogP contribution in [-0.4, -0.2) is 0 Å². The molecule has 0 fully saturated rings. The predicted octanol–water partition coefficient (Wildman–Crippen LogP) is 0.574. The Morgan fingerprint density at radius 3 is 1.20 bits per heavy atom. The van der Waals surface area contributed by atoms with Gasteiger partial charge in [-0.2, -0.15) is 0 Å². The van der Waals surface area contributed by atoms with E-state index in [4.69, 9.17) is 0 Å². The summed E-state index contributed by atoms with van der Waals surface area (Å²) in [6.07, 6.45) is 0. The minimum absolute atomic E-state index is 0. The second-order valence-corrected chi connectivity index (χ2v) is 0. The largest absolute Gasteiger partial charge is 0 e. The van der Waals surface area contributed by atoms with E-state index in [0.29, 0.717) is 0 Å². The van der Waals surface area contributed by atoms with Gasteiger partial charge in [-0.3, -0.25) is 0 Å². The van der Waals surface area contributed by atoms with Crippen LogP contribution in [0.5, 0.6) is 0 Å². The molecule has 0 aromatic heterocycles. The van der Waals surface area contributed by atoms with E-state index in [-0.39, 0.29) is 73.8 Å². The first-order valence-electron chi connectivity index (χ1n) is 0.408. The van der Waals surface area contributed by atoms with E-state index in [2.05, 4.69) is 0 Å². The van der Waals surface area contributed by atoms with Gasteiger partial charge < -0.3 is 0 Å². The summed E-state index contributed by atoms with van der Waals surface area (Å²) in [6, 6.07) is 0. The van der Waals surface area contributed by atoms with Gasteiger partial charge in [-0.25, -0.2) is 0 Å². The molecule has 0 aliphatic rings. The van der Waals surface area contributed by atoms with Crippen molar-refractivity contribution in [1.82, 2.24) is 0 Å². The van der Waals surface area contributed by atoms with E-state index in [0.717, 1.165) is 0 Å². The summed E-state index contributed by atoms with van der Waals surface area (Å²) >= 11 is 1.95. The van der Waals surface area contributed by atoms with Crippen molar-refractivity contribution in [2.24, 2.45) is 0 Å². The Bertz CT molecular complexity index is 11.6. The van der Waals surface area contributed by atoms with Gasteiger partial charge in [-0.1, -0.05) is 0 Å². The van der Waals surface area contributed by atoms with Crippen molar-refractivity contribution in [3.63, 3.8) is 0 Å². The molecule has 0 atom stereocenters. The fraction of sp³-hybridized carbons (Fsp3) is 1.00. The molecule has 0 aromatic carbocycles. The van der Waals surface area contributed by atoms with Crippen LogP contribution in [0.4, 0.5) is 0 Å². The molecule has 0 amide bonds. The quantitative estimate of drug-likeness (QED) is 0.495. The summed E-state index contributed by atoms with van der Waals surface area (Å²) in [5.74, 6) is 0. The second kappa shape index (κ2) is 27.2. The van der Waals surface area contributed by atoms with Crippen molar-refractivity contribution in [3.05, 3.63) is 0 Å². The van der Waals surface area contributed by atoms with Gasteiger partial charge in [0.1, 0.15) is 0 Å². The average molecular weight is 429 g/mol. The third-order valence-corrected chi connectivity index (χ3v) is 0. The van der Waals surface area contributed by atoms with Crippen LogP contribution in [0.2, 0.25) is 5.31 Å². The van der Waals surface area contributed by atoms with Crippen LogP contribution in [0.3, 0.4) is 0 Å².